The van der Waals surface area contributed by atoms with E-state index in [4.69, 9.17) is 0 Å². The van der Waals surface area contributed by atoms with E-state index < -0.39 is 0 Å². The minimum absolute atomic E-state index is 0. The van der Waals surface area contributed by atoms with Crippen LogP contribution in [0.1, 0.15) is 12.5 Å². The van der Waals surface area contributed by atoms with Gasteiger partial charge >= 0.3 is 0 Å². The molecule has 1 aromatic carbocycles. The number of aliphatic imine (C=N–C) groups is 1. The molecule has 0 radical (unpaired) electrons. The van der Waals surface area contributed by atoms with Gasteiger partial charge in [-0.15, -0.1) is 24.8 Å². The molecule has 1 N–H and O–H groups in total. The van der Waals surface area contributed by atoms with Crippen LogP contribution < -0.4 is 10.2 Å². The highest BCUT2D eigenvalue weighted by atomic mass is 35.5. The van der Waals surface area contributed by atoms with Crippen molar-refractivity contribution in [1.29, 1.82) is 0 Å². The Labute approximate surface area is 116 Å². The lowest BCUT2D eigenvalue weighted by atomic mass is 10.2. The molecule has 5 heteroatoms. The molecule has 0 spiro atoms. The van der Waals surface area contributed by atoms with Crippen LogP contribution in [0.15, 0.2) is 29.3 Å². The van der Waals surface area contributed by atoms with Crippen molar-refractivity contribution < 1.29 is 0 Å². The first-order chi connectivity index (χ1) is 7.19. The summed E-state index contributed by atoms with van der Waals surface area (Å²) >= 11 is 0. The molecule has 0 saturated heterocycles. The maximum absolute atomic E-state index is 4.21. The van der Waals surface area contributed by atoms with Crippen molar-refractivity contribution in [2.75, 3.05) is 32.6 Å². The highest BCUT2D eigenvalue weighted by Crippen LogP contribution is 2.12. The molecule has 3 nitrogen and oxygen atoms in total. The molecule has 0 fully saturated rings. The minimum atomic E-state index is 0. The van der Waals surface area contributed by atoms with Crippen LogP contribution in [0.5, 0.6) is 0 Å². The Balaban J connectivity index is 0. The number of nitrogens with one attached hydrogen (secondary N) is 1. The van der Waals surface area contributed by atoms with E-state index in [1.807, 2.05) is 14.1 Å². The SMILES string of the molecule is CCNC(=NC)c1ccc(N(C)C)cc1.Cl.Cl. The number of anilines is 1. The van der Waals surface area contributed by atoms with Crippen molar-refractivity contribution in [3.8, 4) is 0 Å². The third-order valence-electron chi connectivity index (χ3n) is 2.22. The van der Waals surface area contributed by atoms with E-state index in [2.05, 4.69) is 46.4 Å². The maximum Gasteiger partial charge on any atom is 0.127 e. The summed E-state index contributed by atoms with van der Waals surface area (Å²) in [5.74, 6) is 0.947. The second-order valence-corrected chi connectivity index (χ2v) is 3.54. The predicted molar refractivity (Wildman–Crippen MR) is 81.4 cm³/mol. The third-order valence-corrected chi connectivity index (χ3v) is 2.22. The molecule has 1 rings (SSSR count). The monoisotopic (exact) mass is 277 g/mol. The molecule has 98 valence electrons. The summed E-state index contributed by atoms with van der Waals surface area (Å²) in [6.07, 6.45) is 0. The molecule has 0 unspecified atom stereocenters. The smallest absolute Gasteiger partial charge is 0.127 e. The van der Waals surface area contributed by atoms with Crippen LogP contribution in [-0.2, 0) is 0 Å². The molecule has 1 aromatic rings. The Morgan fingerprint density at radius 1 is 1.18 bits per heavy atom. The summed E-state index contributed by atoms with van der Waals surface area (Å²) < 4.78 is 0. The molecule has 17 heavy (non-hydrogen) atoms. The Kier molecular flexibility index (Phi) is 9.91. The normalized spacial score (nSPS) is 10.0. The van der Waals surface area contributed by atoms with Crippen LogP contribution in [0.3, 0.4) is 0 Å². The van der Waals surface area contributed by atoms with Crippen LogP contribution >= 0.6 is 24.8 Å². The van der Waals surface area contributed by atoms with Gasteiger partial charge in [-0.1, -0.05) is 0 Å². The predicted octanol–water partition coefficient (Wildman–Crippen LogP) is 2.58. The van der Waals surface area contributed by atoms with Gasteiger partial charge < -0.3 is 10.2 Å². The Morgan fingerprint density at radius 3 is 2.06 bits per heavy atom. The Bertz CT molecular complexity index is 334. The molecule has 0 aliphatic rings. The number of rotatable bonds is 3. The molecule has 0 aliphatic carbocycles. The zero-order valence-electron chi connectivity index (χ0n) is 10.7. The van der Waals surface area contributed by atoms with Gasteiger partial charge in [-0.05, 0) is 31.2 Å². The average Bonchev–Trinajstić information content (AvgIpc) is 2.26. The highest BCUT2D eigenvalue weighted by molar-refractivity contribution is 5.98. The first-order valence-electron chi connectivity index (χ1n) is 5.17. The summed E-state index contributed by atoms with van der Waals surface area (Å²) in [6.45, 7) is 2.96. The maximum atomic E-state index is 4.21. The van der Waals surface area contributed by atoms with E-state index in [1.165, 1.54) is 5.69 Å². The molecule has 0 saturated carbocycles. The number of hydrogen-bond donors (Lipinski definition) is 1. The van der Waals surface area contributed by atoms with Crippen LogP contribution in [0.4, 0.5) is 5.69 Å². The second kappa shape index (κ2) is 9.14. The Morgan fingerprint density at radius 2 is 1.71 bits per heavy atom. The summed E-state index contributed by atoms with van der Waals surface area (Å²) in [7, 11) is 5.88. The number of benzene rings is 1. The van der Waals surface area contributed by atoms with Crippen molar-refractivity contribution >= 4 is 36.3 Å². The van der Waals surface area contributed by atoms with E-state index in [0.29, 0.717) is 0 Å². The van der Waals surface area contributed by atoms with Gasteiger partial charge in [0.25, 0.3) is 0 Å². The second-order valence-electron chi connectivity index (χ2n) is 3.54. The zero-order valence-corrected chi connectivity index (χ0v) is 12.4. The van der Waals surface area contributed by atoms with Crippen LogP contribution in [0.25, 0.3) is 0 Å². The van der Waals surface area contributed by atoms with Crippen LogP contribution in [0.2, 0.25) is 0 Å². The van der Waals surface area contributed by atoms with Gasteiger partial charge in [0.1, 0.15) is 5.84 Å². The van der Waals surface area contributed by atoms with Crippen LogP contribution in [0, 0.1) is 0 Å². The standard InChI is InChI=1S/C12H19N3.2ClH/c1-5-14-12(13-2)10-6-8-11(9-7-10)15(3)4;;/h6-9H,5H2,1-4H3,(H,13,14);2*1H. The van der Waals surface area contributed by atoms with Crippen molar-refractivity contribution in [3.63, 3.8) is 0 Å². The summed E-state index contributed by atoms with van der Waals surface area (Å²) in [5.41, 5.74) is 2.33. The van der Waals surface area contributed by atoms with Crippen molar-refractivity contribution in [2.24, 2.45) is 4.99 Å². The average molecular weight is 278 g/mol. The van der Waals surface area contributed by atoms with Gasteiger partial charge in [0.15, 0.2) is 0 Å². The van der Waals surface area contributed by atoms with Gasteiger partial charge in [0, 0.05) is 38.9 Å². The number of halogens is 2. The first-order valence-corrected chi connectivity index (χ1v) is 5.17. The van der Waals surface area contributed by atoms with E-state index in [1.54, 1.807) is 7.05 Å². The topological polar surface area (TPSA) is 27.6 Å². The fourth-order valence-electron chi connectivity index (χ4n) is 1.40. The van der Waals surface area contributed by atoms with Gasteiger partial charge in [-0.3, -0.25) is 4.99 Å². The summed E-state index contributed by atoms with van der Waals surface area (Å²) in [5, 5.41) is 3.23. The number of nitrogens with zero attached hydrogens (tertiary/aromatic N) is 2. The molecule has 0 amide bonds. The lowest BCUT2D eigenvalue weighted by Crippen LogP contribution is -2.23. The van der Waals surface area contributed by atoms with Crippen molar-refractivity contribution in [3.05, 3.63) is 29.8 Å². The molecule has 0 aromatic heterocycles. The molecule has 0 heterocycles. The van der Waals surface area contributed by atoms with Gasteiger partial charge in [-0.25, -0.2) is 0 Å². The van der Waals surface area contributed by atoms with Crippen molar-refractivity contribution in [2.45, 2.75) is 6.92 Å². The Hall–Kier alpha value is -0.930. The number of hydrogen-bond acceptors (Lipinski definition) is 2. The number of amidine groups is 1. The van der Waals surface area contributed by atoms with Crippen molar-refractivity contribution in [1.82, 2.24) is 5.32 Å². The van der Waals surface area contributed by atoms with E-state index in [0.717, 1.165) is 17.9 Å². The quantitative estimate of drug-likeness (QED) is 0.680. The fraction of sp³-hybridized carbons (Fsp3) is 0.417. The van der Waals surface area contributed by atoms with Gasteiger partial charge in [0.2, 0.25) is 0 Å². The first kappa shape index (κ1) is 18.4. The molecule has 0 atom stereocenters. The van der Waals surface area contributed by atoms with E-state index in [9.17, 15) is 0 Å². The summed E-state index contributed by atoms with van der Waals surface area (Å²) in [6, 6.07) is 8.36. The van der Waals surface area contributed by atoms with Gasteiger partial charge in [0.05, 0.1) is 0 Å². The molecule has 0 aliphatic heterocycles. The molecular formula is C12H21Cl2N3. The largest absolute Gasteiger partial charge is 0.378 e. The van der Waals surface area contributed by atoms with E-state index >= 15 is 0 Å². The highest BCUT2D eigenvalue weighted by Gasteiger charge is 2.01. The van der Waals surface area contributed by atoms with Gasteiger partial charge in [-0.2, -0.15) is 0 Å². The molecular weight excluding hydrogens is 257 g/mol. The summed E-state index contributed by atoms with van der Waals surface area (Å²) in [4.78, 5) is 6.30. The minimum Gasteiger partial charge on any atom is -0.378 e. The lowest BCUT2D eigenvalue weighted by molar-refractivity contribution is 0.962. The zero-order chi connectivity index (χ0) is 11.3. The third kappa shape index (κ3) is 5.29. The van der Waals surface area contributed by atoms with E-state index in [-0.39, 0.29) is 24.8 Å². The lowest BCUT2D eigenvalue weighted by Gasteiger charge is -2.13. The molecule has 0 bridgehead atoms. The van der Waals surface area contributed by atoms with Crippen LogP contribution in [-0.4, -0.2) is 33.5 Å². The fourth-order valence-corrected chi connectivity index (χ4v) is 1.40.